The van der Waals surface area contributed by atoms with Crippen LogP contribution in [0, 0.1) is 0 Å². The van der Waals surface area contributed by atoms with Crippen LogP contribution < -0.4 is 5.73 Å². The zero-order valence-electron chi connectivity index (χ0n) is 38.1. The molecule has 3 amide bonds. The molecule has 60 heavy (non-hydrogen) atoms. The van der Waals surface area contributed by atoms with Crippen molar-refractivity contribution in [2.45, 2.75) is 244 Å². The van der Waals surface area contributed by atoms with E-state index in [0.717, 1.165) is 43.4 Å². The van der Waals surface area contributed by atoms with Gasteiger partial charge in [-0.2, -0.15) is 0 Å². The Morgan fingerprint density at radius 3 is 1.53 bits per heavy atom. The molecule has 6 atom stereocenters. The van der Waals surface area contributed by atoms with Gasteiger partial charge in [0.1, 0.15) is 31.0 Å². The van der Waals surface area contributed by atoms with E-state index in [9.17, 15) is 29.7 Å². The molecule has 2 rings (SSSR count). The SMILES string of the molecule is CCCCCCCCCCCCCCCCCCN(C(=O)CCCCCCCCCCCCC)[C@@H]1O[C@H](CO)[C@H](O)[C@H](O)[C@H]1N(C(=O)OCc1ccccc1)C(=O)[C@H](C)N. The highest BCUT2D eigenvalue weighted by Crippen LogP contribution is 2.30. The number of aliphatic hydroxyl groups is 3. The smallest absolute Gasteiger partial charge is 0.417 e. The Labute approximate surface area is 364 Å². The number of unbranched alkanes of at least 4 members (excludes halogenated alkanes) is 25. The summed E-state index contributed by atoms with van der Waals surface area (Å²) in [6.07, 6.45) is 25.1. The van der Waals surface area contributed by atoms with E-state index in [4.69, 9.17) is 15.2 Å². The van der Waals surface area contributed by atoms with Gasteiger partial charge in [0, 0.05) is 13.0 Å². The van der Waals surface area contributed by atoms with Crippen LogP contribution in [-0.4, -0.2) is 92.8 Å². The molecule has 0 saturated carbocycles. The van der Waals surface area contributed by atoms with Crippen LogP contribution in [0.3, 0.4) is 0 Å². The fourth-order valence-electron chi connectivity index (χ4n) is 8.29. The van der Waals surface area contributed by atoms with Gasteiger partial charge in [-0.05, 0) is 25.3 Å². The van der Waals surface area contributed by atoms with Crippen LogP contribution in [0.2, 0.25) is 0 Å². The van der Waals surface area contributed by atoms with Crippen LogP contribution in [0.25, 0.3) is 0 Å². The number of hydrogen-bond donors (Lipinski definition) is 4. The van der Waals surface area contributed by atoms with E-state index in [1.807, 2.05) is 6.07 Å². The van der Waals surface area contributed by atoms with Gasteiger partial charge in [-0.1, -0.05) is 205 Å². The molecule has 0 aliphatic carbocycles. The summed E-state index contributed by atoms with van der Waals surface area (Å²) in [5.74, 6) is -1.08. The summed E-state index contributed by atoms with van der Waals surface area (Å²) in [5.41, 5.74) is 6.74. The van der Waals surface area contributed by atoms with Crippen molar-refractivity contribution >= 4 is 17.9 Å². The van der Waals surface area contributed by atoms with E-state index in [0.29, 0.717) is 18.4 Å². The predicted molar refractivity (Wildman–Crippen MR) is 241 cm³/mol. The molecular formula is C49H87N3O8. The van der Waals surface area contributed by atoms with E-state index in [2.05, 4.69) is 13.8 Å². The molecule has 1 aromatic carbocycles. The second kappa shape index (κ2) is 34.0. The minimum Gasteiger partial charge on any atom is -0.444 e. The third-order valence-corrected chi connectivity index (χ3v) is 12.1. The van der Waals surface area contributed by atoms with Crippen molar-refractivity contribution < 1.29 is 39.2 Å². The van der Waals surface area contributed by atoms with E-state index < -0.39 is 55.2 Å². The Bertz CT molecular complexity index is 1240. The molecule has 1 fully saturated rings. The molecule has 1 saturated heterocycles. The van der Waals surface area contributed by atoms with Gasteiger partial charge in [0.05, 0.1) is 12.6 Å². The second-order valence-electron chi connectivity index (χ2n) is 17.4. The lowest BCUT2D eigenvalue weighted by atomic mass is 9.93. The van der Waals surface area contributed by atoms with Gasteiger partial charge in [0.25, 0.3) is 0 Å². The van der Waals surface area contributed by atoms with Crippen molar-refractivity contribution in [3.63, 3.8) is 0 Å². The number of nitrogens with two attached hydrogens (primary N) is 1. The topological polar surface area (TPSA) is 163 Å². The predicted octanol–water partition coefficient (Wildman–Crippen LogP) is 10.1. The van der Waals surface area contributed by atoms with Crippen molar-refractivity contribution in [1.82, 2.24) is 9.80 Å². The number of benzene rings is 1. The Morgan fingerprint density at radius 1 is 0.667 bits per heavy atom. The summed E-state index contributed by atoms with van der Waals surface area (Å²) in [4.78, 5) is 44.0. The normalized spacial score (nSPS) is 19.6. The number of amides is 3. The minimum absolute atomic E-state index is 0.154. The number of hydrogen-bond acceptors (Lipinski definition) is 9. The zero-order chi connectivity index (χ0) is 43.8. The quantitative estimate of drug-likeness (QED) is 0.0487. The molecule has 1 aliphatic heterocycles. The summed E-state index contributed by atoms with van der Waals surface area (Å²) in [7, 11) is 0. The first-order valence-electron chi connectivity index (χ1n) is 24.4. The first kappa shape index (κ1) is 53.6. The highest BCUT2D eigenvalue weighted by molar-refractivity contribution is 5.95. The Morgan fingerprint density at radius 2 is 1.10 bits per heavy atom. The summed E-state index contributed by atoms with van der Waals surface area (Å²) in [6.45, 7) is 5.38. The van der Waals surface area contributed by atoms with Gasteiger partial charge in [-0.15, -0.1) is 0 Å². The van der Waals surface area contributed by atoms with E-state index in [1.54, 1.807) is 24.3 Å². The van der Waals surface area contributed by atoms with Gasteiger partial charge in [-0.25, -0.2) is 9.69 Å². The number of carbonyl (C=O) groups excluding carboxylic acids is 3. The van der Waals surface area contributed by atoms with E-state index >= 15 is 0 Å². The van der Waals surface area contributed by atoms with Crippen molar-refractivity contribution in [3.05, 3.63) is 35.9 Å². The molecule has 346 valence electrons. The maximum atomic E-state index is 14.2. The average molecular weight is 846 g/mol. The summed E-state index contributed by atoms with van der Waals surface area (Å²) in [6, 6.07) is 6.27. The third-order valence-electron chi connectivity index (χ3n) is 12.1. The number of imide groups is 1. The highest BCUT2D eigenvalue weighted by Gasteiger charge is 2.53. The number of carbonyl (C=O) groups is 3. The molecule has 5 N–H and O–H groups in total. The van der Waals surface area contributed by atoms with Crippen molar-refractivity contribution in [1.29, 1.82) is 0 Å². The maximum Gasteiger partial charge on any atom is 0.417 e. The molecule has 11 heteroatoms. The first-order valence-corrected chi connectivity index (χ1v) is 24.4. The minimum atomic E-state index is -1.75. The number of aliphatic hydroxyl groups excluding tert-OH is 3. The van der Waals surface area contributed by atoms with Gasteiger partial charge < -0.3 is 35.4 Å². The monoisotopic (exact) mass is 846 g/mol. The van der Waals surface area contributed by atoms with Gasteiger partial charge in [0.15, 0.2) is 6.23 Å². The van der Waals surface area contributed by atoms with E-state index in [-0.39, 0.29) is 25.5 Å². The number of nitrogens with zero attached hydrogens (tertiary/aromatic N) is 2. The molecule has 1 aliphatic rings. The van der Waals surface area contributed by atoms with Crippen LogP contribution in [0.4, 0.5) is 4.79 Å². The average Bonchev–Trinajstić information content (AvgIpc) is 3.25. The molecule has 11 nitrogen and oxygen atoms in total. The highest BCUT2D eigenvalue weighted by atomic mass is 16.6. The van der Waals surface area contributed by atoms with Crippen molar-refractivity contribution in [2.24, 2.45) is 5.73 Å². The Balaban J connectivity index is 2.10. The molecule has 0 radical (unpaired) electrons. The fourth-order valence-corrected chi connectivity index (χ4v) is 8.29. The Hall–Kier alpha value is -2.57. The molecule has 1 aromatic rings. The fraction of sp³-hybridized carbons (Fsp3) is 0.816. The van der Waals surface area contributed by atoms with E-state index in [1.165, 1.54) is 134 Å². The van der Waals surface area contributed by atoms with Crippen LogP contribution in [0.5, 0.6) is 0 Å². The van der Waals surface area contributed by atoms with Gasteiger partial charge in [0.2, 0.25) is 11.8 Å². The lowest BCUT2D eigenvalue weighted by molar-refractivity contribution is -0.244. The molecule has 0 unspecified atom stereocenters. The van der Waals surface area contributed by atoms with Gasteiger partial charge in [-0.3, -0.25) is 9.59 Å². The van der Waals surface area contributed by atoms with Crippen LogP contribution >= 0.6 is 0 Å². The summed E-state index contributed by atoms with van der Waals surface area (Å²) >= 11 is 0. The summed E-state index contributed by atoms with van der Waals surface area (Å²) in [5, 5.41) is 32.9. The molecule has 0 spiro atoms. The van der Waals surface area contributed by atoms with Crippen molar-refractivity contribution in [2.75, 3.05) is 13.2 Å². The van der Waals surface area contributed by atoms with Gasteiger partial charge >= 0.3 is 6.09 Å². The molecule has 0 aromatic heterocycles. The lowest BCUT2D eigenvalue weighted by Crippen LogP contribution is -2.71. The number of rotatable bonds is 35. The lowest BCUT2D eigenvalue weighted by Gasteiger charge is -2.49. The largest absolute Gasteiger partial charge is 0.444 e. The molecular weight excluding hydrogens is 759 g/mol. The third kappa shape index (κ3) is 21.5. The van der Waals surface area contributed by atoms with Crippen molar-refractivity contribution in [3.8, 4) is 0 Å². The van der Waals surface area contributed by atoms with Crippen LogP contribution in [0.15, 0.2) is 30.3 Å². The summed E-state index contributed by atoms with van der Waals surface area (Å²) < 4.78 is 11.8. The Kier molecular flexibility index (Phi) is 30.3. The molecule has 1 heterocycles. The maximum absolute atomic E-state index is 14.2. The zero-order valence-corrected chi connectivity index (χ0v) is 38.1. The first-order chi connectivity index (χ1) is 29.2. The standard InChI is InChI=1S/C49H87N3O8/c1-4-6-8-10-12-14-16-17-18-19-20-22-24-26-28-33-37-51(43(54)36-32-27-25-23-21-15-13-11-9-7-5-2)48-44(46(56)45(55)42(38-53)60-48)52(47(57)40(3)50)49(58)59-39-41-34-30-29-31-35-41/h29-31,34-35,40,42,44-46,48,53,55-56H,4-28,32-33,36-39,50H2,1-3H3/t40-,42+,44+,45-,46+,48+/m0/s1. The second-order valence-corrected chi connectivity index (χ2v) is 17.4. The number of ether oxygens (including phenoxy) is 2. The molecule has 0 bridgehead atoms. The van der Waals surface area contributed by atoms with Crippen LogP contribution in [-0.2, 0) is 25.7 Å². The van der Waals surface area contributed by atoms with Crippen LogP contribution in [0.1, 0.15) is 206 Å².